The molecular weight excluding hydrogens is 421 g/mol. The number of fused-ring (bicyclic) bond motifs is 2. The topological polar surface area (TPSA) is 75.4 Å². The lowest BCUT2D eigenvalue weighted by Gasteiger charge is -2.42. The first-order valence-corrected chi connectivity index (χ1v) is 10.5. The van der Waals surface area contributed by atoms with Crippen molar-refractivity contribution < 1.29 is 14.3 Å². The lowest BCUT2D eigenvalue weighted by molar-refractivity contribution is 0.0565. The molecule has 6 nitrogen and oxygen atoms in total. The molecule has 158 valence electrons. The summed E-state index contributed by atoms with van der Waals surface area (Å²) < 4.78 is 15.7. The van der Waals surface area contributed by atoms with Gasteiger partial charge in [-0.1, -0.05) is 35.9 Å². The minimum atomic E-state index is -0.707. The molecule has 3 heterocycles. The Balaban J connectivity index is 1.79. The van der Waals surface area contributed by atoms with Crippen molar-refractivity contribution in [2.45, 2.75) is 30.8 Å². The Bertz CT molecular complexity index is 1200. The predicted molar refractivity (Wildman–Crippen MR) is 113 cm³/mol. The fraction of sp³-hybridized carbons (Fsp3) is 0.261. The van der Waals surface area contributed by atoms with Crippen molar-refractivity contribution in [2.24, 2.45) is 0 Å². The van der Waals surface area contributed by atoms with E-state index in [0.29, 0.717) is 17.1 Å². The van der Waals surface area contributed by atoms with E-state index in [4.69, 9.17) is 11.6 Å². The second kappa shape index (κ2) is 7.50. The van der Waals surface area contributed by atoms with E-state index in [1.165, 1.54) is 16.8 Å². The van der Waals surface area contributed by atoms with Gasteiger partial charge in [0.05, 0.1) is 18.3 Å². The lowest BCUT2D eigenvalue weighted by atomic mass is 9.80. The van der Waals surface area contributed by atoms with Gasteiger partial charge in [-0.25, -0.2) is 4.39 Å². The van der Waals surface area contributed by atoms with Crippen molar-refractivity contribution in [3.05, 3.63) is 92.6 Å². The molecule has 0 spiro atoms. The van der Waals surface area contributed by atoms with Gasteiger partial charge in [-0.2, -0.15) is 5.10 Å². The summed E-state index contributed by atoms with van der Waals surface area (Å²) in [5, 5.41) is 15.3. The van der Waals surface area contributed by atoms with E-state index in [9.17, 15) is 19.1 Å². The van der Waals surface area contributed by atoms with Crippen LogP contribution in [-0.2, 0) is 0 Å². The highest BCUT2D eigenvalue weighted by Crippen LogP contribution is 2.46. The Hall–Kier alpha value is -3.19. The Labute approximate surface area is 182 Å². The number of halogens is 2. The molecule has 8 heteroatoms. The van der Waals surface area contributed by atoms with E-state index in [2.05, 4.69) is 5.10 Å². The largest absolute Gasteiger partial charge is 0.502 e. The van der Waals surface area contributed by atoms with Crippen LogP contribution >= 0.6 is 11.6 Å². The van der Waals surface area contributed by atoms with Gasteiger partial charge >= 0.3 is 0 Å². The highest BCUT2D eigenvalue weighted by Gasteiger charge is 2.48. The van der Waals surface area contributed by atoms with Gasteiger partial charge < -0.3 is 10.0 Å². The van der Waals surface area contributed by atoms with Crippen LogP contribution in [0.15, 0.2) is 59.5 Å². The van der Waals surface area contributed by atoms with Gasteiger partial charge in [0, 0.05) is 17.5 Å². The summed E-state index contributed by atoms with van der Waals surface area (Å²) in [7, 11) is 0. The number of nitrogens with zero attached hydrogens (tertiary/aromatic N) is 3. The van der Waals surface area contributed by atoms with Gasteiger partial charge in [0.15, 0.2) is 11.4 Å². The molecule has 1 N–H and O–H groups in total. The SMILES string of the molecule is O=C1c2c(O)c(=O)cnn2[C@@H]([C@H](c2cccc(F)c2)c2cccc(Cl)c2)[C@H]2CCCN12. The molecule has 31 heavy (non-hydrogen) atoms. The zero-order valence-electron chi connectivity index (χ0n) is 16.4. The average Bonchev–Trinajstić information content (AvgIpc) is 3.23. The molecule has 5 rings (SSSR count). The molecule has 3 atom stereocenters. The summed E-state index contributed by atoms with van der Waals surface area (Å²) in [6.07, 6.45) is 2.54. The van der Waals surface area contributed by atoms with Crippen LogP contribution in [0.3, 0.4) is 0 Å². The van der Waals surface area contributed by atoms with Crippen molar-refractivity contribution in [3.8, 4) is 5.75 Å². The van der Waals surface area contributed by atoms with Gasteiger partial charge in [0.25, 0.3) is 5.91 Å². The number of carbonyl (C=O) groups is 1. The number of carbonyl (C=O) groups excluding carboxylic acids is 1. The third-order valence-electron chi connectivity index (χ3n) is 6.18. The molecular formula is C23H19ClFN3O3. The van der Waals surface area contributed by atoms with E-state index < -0.39 is 29.0 Å². The summed E-state index contributed by atoms with van der Waals surface area (Å²) in [4.78, 5) is 26.9. The highest BCUT2D eigenvalue weighted by atomic mass is 35.5. The van der Waals surface area contributed by atoms with Crippen molar-refractivity contribution in [1.82, 2.24) is 14.7 Å². The molecule has 1 fully saturated rings. The van der Waals surface area contributed by atoms with Crippen LogP contribution < -0.4 is 5.43 Å². The summed E-state index contributed by atoms with van der Waals surface area (Å²) in [5.74, 6) is -1.82. The normalized spacial score (nSPS) is 21.0. The molecule has 0 saturated carbocycles. The first-order chi connectivity index (χ1) is 15.0. The molecule has 3 aromatic rings. The summed E-state index contributed by atoms with van der Waals surface area (Å²) in [6, 6.07) is 12.9. The number of amides is 1. The predicted octanol–water partition coefficient (Wildman–Crippen LogP) is 3.73. The number of hydrogen-bond donors (Lipinski definition) is 1. The van der Waals surface area contributed by atoms with E-state index in [1.807, 2.05) is 24.3 Å². The van der Waals surface area contributed by atoms with E-state index in [-0.39, 0.29) is 17.6 Å². The van der Waals surface area contributed by atoms with Crippen LogP contribution in [0.25, 0.3) is 0 Å². The van der Waals surface area contributed by atoms with Crippen molar-refractivity contribution >= 4 is 17.5 Å². The Morgan fingerprint density at radius 2 is 1.87 bits per heavy atom. The monoisotopic (exact) mass is 439 g/mol. The van der Waals surface area contributed by atoms with Crippen LogP contribution in [0.1, 0.15) is 46.4 Å². The van der Waals surface area contributed by atoms with Gasteiger partial charge in [-0.15, -0.1) is 0 Å². The van der Waals surface area contributed by atoms with E-state index in [1.54, 1.807) is 17.0 Å². The summed E-state index contributed by atoms with van der Waals surface area (Å²) >= 11 is 6.28. The van der Waals surface area contributed by atoms with Crippen molar-refractivity contribution in [3.63, 3.8) is 0 Å². The smallest absolute Gasteiger partial charge is 0.276 e. The third-order valence-corrected chi connectivity index (χ3v) is 6.42. The fourth-order valence-electron chi connectivity index (χ4n) is 4.93. The summed E-state index contributed by atoms with van der Waals surface area (Å²) in [6.45, 7) is 0.522. The minimum Gasteiger partial charge on any atom is -0.502 e. The number of aromatic nitrogens is 2. The van der Waals surface area contributed by atoms with Crippen LogP contribution in [-0.4, -0.2) is 38.3 Å². The molecule has 1 aromatic heterocycles. The molecule has 0 aliphatic carbocycles. The Kier molecular flexibility index (Phi) is 4.78. The fourth-order valence-corrected chi connectivity index (χ4v) is 5.13. The maximum Gasteiger partial charge on any atom is 0.276 e. The summed E-state index contributed by atoms with van der Waals surface area (Å²) in [5.41, 5.74) is 0.690. The Morgan fingerprint density at radius 1 is 1.13 bits per heavy atom. The average molecular weight is 440 g/mol. The quantitative estimate of drug-likeness (QED) is 0.674. The van der Waals surface area contributed by atoms with Crippen molar-refractivity contribution in [1.29, 1.82) is 0 Å². The maximum atomic E-state index is 14.2. The van der Waals surface area contributed by atoms with E-state index in [0.717, 1.165) is 24.6 Å². The molecule has 2 aromatic carbocycles. The second-order valence-corrected chi connectivity index (χ2v) is 8.37. The van der Waals surface area contributed by atoms with Gasteiger partial charge in [0.1, 0.15) is 5.82 Å². The first kappa shape index (κ1) is 19.8. The van der Waals surface area contributed by atoms with Crippen LogP contribution in [0.4, 0.5) is 4.39 Å². The highest BCUT2D eigenvalue weighted by molar-refractivity contribution is 6.30. The molecule has 2 aliphatic heterocycles. The van der Waals surface area contributed by atoms with Gasteiger partial charge in [-0.05, 0) is 48.2 Å². The van der Waals surface area contributed by atoms with Crippen LogP contribution in [0.2, 0.25) is 5.02 Å². The second-order valence-electron chi connectivity index (χ2n) is 7.94. The standard InChI is InChI=1S/C23H19ClFN3O3/c24-15-6-1-4-13(10-15)19(14-5-2-7-16(25)11-14)20-17-8-3-9-27(17)23(31)21-22(30)18(29)12-26-28(20)21/h1-2,4-7,10-12,17,19-20,30H,3,8-9H2/t17-,19+,20-/m1/s1. The molecule has 0 unspecified atom stereocenters. The Morgan fingerprint density at radius 3 is 2.61 bits per heavy atom. The first-order valence-electron chi connectivity index (χ1n) is 10.1. The zero-order valence-corrected chi connectivity index (χ0v) is 17.2. The molecule has 1 amide bonds. The zero-order chi connectivity index (χ0) is 21.7. The third kappa shape index (κ3) is 3.20. The molecule has 1 saturated heterocycles. The van der Waals surface area contributed by atoms with Gasteiger partial charge in [0.2, 0.25) is 5.43 Å². The molecule has 0 bridgehead atoms. The number of benzene rings is 2. The number of rotatable bonds is 3. The number of hydrogen-bond acceptors (Lipinski definition) is 4. The maximum absolute atomic E-state index is 14.2. The minimum absolute atomic E-state index is 0.126. The number of aromatic hydroxyl groups is 1. The van der Waals surface area contributed by atoms with Crippen LogP contribution in [0.5, 0.6) is 5.75 Å². The van der Waals surface area contributed by atoms with Crippen LogP contribution in [0, 0.1) is 5.82 Å². The van der Waals surface area contributed by atoms with Crippen molar-refractivity contribution in [2.75, 3.05) is 6.54 Å². The van der Waals surface area contributed by atoms with Gasteiger partial charge in [-0.3, -0.25) is 14.3 Å². The van der Waals surface area contributed by atoms with E-state index >= 15 is 0 Å². The molecule has 0 radical (unpaired) electrons. The lowest BCUT2D eigenvalue weighted by Crippen LogP contribution is -2.50. The molecule has 2 aliphatic rings.